The third-order valence-electron chi connectivity index (χ3n) is 2.64. The van der Waals surface area contributed by atoms with Crippen LogP contribution in [-0.4, -0.2) is 14.8 Å². The maximum atomic E-state index is 5.90. The number of halogens is 1. The van der Waals surface area contributed by atoms with E-state index in [1.165, 1.54) is 0 Å². The van der Waals surface area contributed by atoms with Gasteiger partial charge in [0.05, 0.1) is 0 Å². The van der Waals surface area contributed by atoms with Gasteiger partial charge in [0.15, 0.2) is 10.6 Å². The molecule has 0 atom stereocenters. The molecular weight excluding hydrogens is 282 g/mol. The molecule has 100 valence electrons. The van der Waals surface area contributed by atoms with Crippen molar-refractivity contribution in [3.8, 4) is 5.75 Å². The smallest absolute Gasteiger partial charge is 0.195 e. The molecule has 0 amide bonds. The molecule has 1 N–H and O–H groups in total. The highest BCUT2D eigenvalue weighted by atomic mass is 35.5. The van der Waals surface area contributed by atoms with Crippen LogP contribution in [0.25, 0.3) is 0 Å². The SMILES string of the molecule is C=CCn1c(COc2ccc(Cl)cc2C)n[nH]c1=S. The molecule has 4 nitrogen and oxygen atoms in total. The molecule has 2 rings (SSSR count). The molecule has 0 radical (unpaired) electrons. The summed E-state index contributed by atoms with van der Waals surface area (Å²) in [6, 6.07) is 5.50. The van der Waals surface area contributed by atoms with Crippen molar-refractivity contribution in [2.24, 2.45) is 0 Å². The van der Waals surface area contributed by atoms with E-state index < -0.39 is 0 Å². The van der Waals surface area contributed by atoms with Crippen LogP contribution in [0.4, 0.5) is 0 Å². The van der Waals surface area contributed by atoms with Crippen LogP contribution in [0.3, 0.4) is 0 Å². The Hall–Kier alpha value is -1.59. The van der Waals surface area contributed by atoms with Gasteiger partial charge in [-0.25, -0.2) is 0 Å². The largest absolute Gasteiger partial charge is 0.485 e. The Bertz CT molecular complexity index is 648. The molecule has 0 spiro atoms. The van der Waals surface area contributed by atoms with E-state index in [0.717, 1.165) is 17.1 Å². The molecule has 0 bridgehead atoms. The fraction of sp³-hybridized carbons (Fsp3) is 0.231. The Morgan fingerprint density at radius 3 is 3.05 bits per heavy atom. The summed E-state index contributed by atoms with van der Waals surface area (Å²) < 4.78 is 8.14. The first-order valence-corrected chi connectivity index (χ1v) is 6.54. The summed E-state index contributed by atoms with van der Waals surface area (Å²) >= 11 is 11.0. The van der Waals surface area contributed by atoms with E-state index in [9.17, 15) is 0 Å². The predicted octanol–water partition coefficient (Wildman–Crippen LogP) is 3.67. The predicted molar refractivity (Wildman–Crippen MR) is 78.1 cm³/mol. The van der Waals surface area contributed by atoms with Crippen molar-refractivity contribution in [3.05, 3.63) is 52.0 Å². The number of aryl methyl sites for hydroxylation is 1. The summed E-state index contributed by atoms with van der Waals surface area (Å²) in [6.45, 7) is 6.58. The van der Waals surface area contributed by atoms with Gasteiger partial charge in [-0.3, -0.25) is 9.67 Å². The maximum absolute atomic E-state index is 5.90. The number of rotatable bonds is 5. The van der Waals surface area contributed by atoms with Crippen molar-refractivity contribution < 1.29 is 4.74 Å². The fourth-order valence-electron chi connectivity index (χ4n) is 1.69. The lowest BCUT2D eigenvalue weighted by atomic mass is 10.2. The van der Waals surface area contributed by atoms with Crippen molar-refractivity contribution in [1.82, 2.24) is 14.8 Å². The van der Waals surface area contributed by atoms with Crippen LogP contribution in [0, 0.1) is 11.7 Å². The van der Waals surface area contributed by atoms with Crippen molar-refractivity contribution in [2.45, 2.75) is 20.1 Å². The maximum Gasteiger partial charge on any atom is 0.195 e. The first-order valence-electron chi connectivity index (χ1n) is 5.75. The number of hydrogen-bond acceptors (Lipinski definition) is 3. The van der Waals surface area contributed by atoms with Gasteiger partial charge in [-0.05, 0) is 42.9 Å². The summed E-state index contributed by atoms with van der Waals surface area (Å²) in [5, 5.41) is 7.59. The van der Waals surface area contributed by atoms with E-state index >= 15 is 0 Å². The summed E-state index contributed by atoms with van der Waals surface area (Å²) in [6.07, 6.45) is 1.77. The first-order chi connectivity index (χ1) is 9.11. The Labute approximate surface area is 121 Å². The molecule has 0 aliphatic heterocycles. The van der Waals surface area contributed by atoms with Gasteiger partial charge < -0.3 is 4.74 Å². The van der Waals surface area contributed by atoms with Crippen LogP contribution in [0.15, 0.2) is 30.9 Å². The molecule has 0 aliphatic rings. The fourth-order valence-corrected chi connectivity index (χ4v) is 2.15. The van der Waals surface area contributed by atoms with Crippen LogP contribution >= 0.6 is 23.8 Å². The Morgan fingerprint density at radius 1 is 1.58 bits per heavy atom. The van der Waals surface area contributed by atoms with Gasteiger partial charge in [0, 0.05) is 11.6 Å². The second-order valence-electron chi connectivity index (χ2n) is 4.04. The minimum Gasteiger partial charge on any atom is -0.485 e. The van der Waals surface area contributed by atoms with E-state index in [-0.39, 0.29) is 0 Å². The monoisotopic (exact) mass is 295 g/mol. The highest BCUT2D eigenvalue weighted by Crippen LogP contribution is 2.22. The Balaban J connectivity index is 2.14. The number of nitrogens with one attached hydrogen (secondary N) is 1. The average Bonchev–Trinajstić information content (AvgIpc) is 2.71. The zero-order valence-electron chi connectivity index (χ0n) is 10.5. The van der Waals surface area contributed by atoms with Crippen molar-refractivity contribution in [1.29, 1.82) is 0 Å². The van der Waals surface area contributed by atoms with Gasteiger partial charge in [0.1, 0.15) is 12.4 Å². The Morgan fingerprint density at radius 2 is 2.37 bits per heavy atom. The lowest BCUT2D eigenvalue weighted by molar-refractivity contribution is 0.288. The van der Waals surface area contributed by atoms with Crippen LogP contribution in [0.5, 0.6) is 5.75 Å². The topological polar surface area (TPSA) is 42.8 Å². The zero-order chi connectivity index (χ0) is 13.8. The third kappa shape index (κ3) is 3.24. The van der Waals surface area contributed by atoms with Crippen molar-refractivity contribution in [2.75, 3.05) is 0 Å². The average molecular weight is 296 g/mol. The molecule has 0 fully saturated rings. The van der Waals surface area contributed by atoms with Gasteiger partial charge in [0.2, 0.25) is 0 Å². The molecule has 19 heavy (non-hydrogen) atoms. The quantitative estimate of drug-likeness (QED) is 0.676. The number of nitrogens with zero attached hydrogens (tertiary/aromatic N) is 2. The minimum atomic E-state index is 0.337. The van der Waals surface area contributed by atoms with Crippen LogP contribution < -0.4 is 4.74 Å². The molecule has 6 heteroatoms. The van der Waals surface area contributed by atoms with Gasteiger partial charge >= 0.3 is 0 Å². The van der Waals surface area contributed by atoms with Crippen molar-refractivity contribution in [3.63, 3.8) is 0 Å². The summed E-state index contributed by atoms with van der Waals surface area (Å²) in [5.41, 5.74) is 0.983. The number of ether oxygens (including phenoxy) is 1. The second-order valence-corrected chi connectivity index (χ2v) is 4.87. The first kappa shape index (κ1) is 13.8. The molecule has 0 saturated carbocycles. The molecule has 2 aromatic rings. The van der Waals surface area contributed by atoms with Gasteiger partial charge in [-0.15, -0.1) is 6.58 Å². The van der Waals surface area contributed by atoms with E-state index in [2.05, 4.69) is 16.8 Å². The van der Waals surface area contributed by atoms with Crippen LogP contribution in [0.1, 0.15) is 11.4 Å². The number of benzene rings is 1. The molecule has 0 saturated heterocycles. The van der Waals surface area contributed by atoms with Gasteiger partial charge in [-0.2, -0.15) is 5.10 Å². The summed E-state index contributed by atoms with van der Waals surface area (Å²) in [7, 11) is 0. The molecule has 0 aliphatic carbocycles. The number of H-pyrrole nitrogens is 1. The summed E-state index contributed by atoms with van der Waals surface area (Å²) in [5.74, 6) is 1.52. The molecule has 0 unspecified atom stereocenters. The van der Waals surface area contributed by atoms with E-state index in [4.69, 9.17) is 28.6 Å². The number of allylic oxidation sites excluding steroid dienone is 1. The Kier molecular flexibility index (Phi) is 4.39. The van der Waals surface area contributed by atoms with Crippen LogP contribution in [0.2, 0.25) is 5.02 Å². The molecule has 1 heterocycles. The van der Waals surface area contributed by atoms with Crippen LogP contribution in [-0.2, 0) is 13.2 Å². The lowest BCUT2D eigenvalue weighted by Crippen LogP contribution is -2.07. The van der Waals surface area contributed by atoms with E-state index in [1.54, 1.807) is 12.1 Å². The van der Waals surface area contributed by atoms with Gasteiger partial charge in [0.25, 0.3) is 0 Å². The number of hydrogen-bond donors (Lipinski definition) is 1. The standard InChI is InChI=1S/C13H14ClN3OS/c1-3-6-17-12(15-16-13(17)19)8-18-11-5-4-10(14)7-9(11)2/h3-5,7H,1,6,8H2,2H3,(H,16,19). The highest BCUT2D eigenvalue weighted by molar-refractivity contribution is 7.71. The molecular formula is C13H14ClN3OS. The third-order valence-corrected chi connectivity index (χ3v) is 3.19. The van der Waals surface area contributed by atoms with E-state index in [1.807, 2.05) is 23.6 Å². The second kappa shape index (κ2) is 6.04. The van der Waals surface area contributed by atoms with Gasteiger partial charge in [-0.1, -0.05) is 17.7 Å². The van der Waals surface area contributed by atoms with E-state index in [0.29, 0.717) is 22.9 Å². The summed E-state index contributed by atoms with van der Waals surface area (Å²) in [4.78, 5) is 0. The minimum absolute atomic E-state index is 0.337. The highest BCUT2D eigenvalue weighted by Gasteiger charge is 2.07. The molecule has 1 aromatic carbocycles. The normalized spacial score (nSPS) is 10.4. The number of aromatic nitrogens is 3. The molecule has 1 aromatic heterocycles. The van der Waals surface area contributed by atoms with Crippen molar-refractivity contribution >= 4 is 23.8 Å². The number of aromatic amines is 1. The lowest BCUT2D eigenvalue weighted by Gasteiger charge is -2.09. The zero-order valence-corrected chi connectivity index (χ0v) is 12.1.